The van der Waals surface area contributed by atoms with Crippen LogP contribution >= 0.6 is 11.3 Å². The number of carbonyl (C=O) groups is 1. The Morgan fingerprint density at radius 3 is 2.52 bits per heavy atom. The van der Waals surface area contributed by atoms with Crippen molar-refractivity contribution in [2.24, 2.45) is 0 Å². The second kappa shape index (κ2) is 7.98. The van der Waals surface area contributed by atoms with Crippen LogP contribution in [0.25, 0.3) is 0 Å². The maximum Gasteiger partial charge on any atom is 0.410 e. The molecule has 0 unspecified atom stereocenters. The highest BCUT2D eigenvalue weighted by atomic mass is 32.1. The molecule has 5 nitrogen and oxygen atoms in total. The second-order valence-corrected chi connectivity index (χ2v) is 9.25. The molecular weight excluding hydrogens is 360 g/mol. The van der Waals surface area contributed by atoms with E-state index in [9.17, 15) is 9.90 Å². The summed E-state index contributed by atoms with van der Waals surface area (Å²) in [6, 6.07) is 9.65. The van der Waals surface area contributed by atoms with Crippen molar-refractivity contribution in [1.29, 1.82) is 0 Å². The summed E-state index contributed by atoms with van der Waals surface area (Å²) in [6.07, 6.45) is 1.31. The fraction of sp³-hybridized carbons (Fsp3) is 0.524. The van der Waals surface area contributed by atoms with E-state index in [-0.39, 0.29) is 18.1 Å². The molecule has 1 amide bonds. The topological polar surface area (TPSA) is 62.7 Å². The van der Waals surface area contributed by atoms with Crippen molar-refractivity contribution in [3.05, 3.63) is 52.0 Å². The number of rotatable bonds is 4. The number of aliphatic hydroxyl groups is 1. The van der Waals surface area contributed by atoms with E-state index in [4.69, 9.17) is 9.72 Å². The van der Waals surface area contributed by atoms with Crippen LogP contribution in [0, 0.1) is 0 Å². The smallest absolute Gasteiger partial charge is 0.410 e. The third kappa shape index (κ3) is 5.30. The number of hydrogen-bond acceptors (Lipinski definition) is 5. The van der Waals surface area contributed by atoms with E-state index in [1.54, 1.807) is 16.2 Å². The fourth-order valence-electron chi connectivity index (χ4n) is 3.11. The van der Waals surface area contributed by atoms with Gasteiger partial charge in [0.15, 0.2) is 0 Å². The second-order valence-electron chi connectivity index (χ2n) is 8.30. The van der Waals surface area contributed by atoms with Crippen molar-refractivity contribution in [3.8, 4) is 0 Å². The van der Waals surface area contributed by atoms with E-state index in [1.807, 2.05) is 30.3 Å². The number of benzene rings is 1. The van der Waals surface area contributed by atoms with Gasteiger partial charge in [-0.1, -0.05) is 51.1 Å². The molecule has 0 radical (unpaired) electrons. The van der Waals surface area contributed by atoms with Gasteiger partial charge in [-0.25, -0.2) is 9.78 Å². The Morgan fingerprint density at radius 2 is 1.93 bits per heavy atom. The first-order valence-corrected chi connectivity index (χ1v) is 10.3. The molecule has 2 heterocycles. The van der Waals surface area contributed by atoms with Gasteiger partial charge in [0.25, 0.3) is 0 Å². The molecule has 0 spiro atoms. The van der Waals surface area contributed by atoms with E-state index >= 15 is 0 Å². The quantitative estimate of drug-likeness (QED) is 0.855. The molecule has 1 N–H and O–H groups in total. The highest BCUT2D eigenvalue weighted by Crippen LogP contribution is 2.30. The molecule has 0 aliphatic carbocycles. The molecule has 0 atom stereocenters. The Labute approximate surface area is 165 Å². The lowest BCUT2D eigenvalue weighted by molar-refractivity contribution is -0.0206. The first kappa shape index (κ1) is 19.8. The fourth-order valence-corrected chi connectivity index (χ4v) is 4.27. The molecule has 0 saturated carbocycles. The number of ether oxygens (including phenoxy) is 1. The summed E-state index contributed by atoms with van der Waals surface area (Å²) >= 11 is 1.61. The van der Waals surface area contributed by atoms with Gasteiger partial charge in [0, 0.05) is 30.3 Å². The van der Waals surface area contributed by atoms with Crippen LogP contribution in [0.2, 0.25) is 0 Å². The number of hydrogen-bond donors (Lipinski definition) is 1. The van der Waals surface area contributed by atoms with Crippen molar-refractivity contribution in [2.75, 3.05) is 13.1 Å². The predicted molar refractivity (Wildman–Crippen MR) is 107 cm³/mol. The number of piperidine rings is 1. The van der Waals surface area contributed by atoms with Gasteiger partial charge in [-0.05, 0) is 18.4 Å². The molecule has 6 heteroatoms. The largest absolute Gasteiger partial charge is 0.445 e. The normalized spacial score (nSPS) is 17.0. The zero-order chi connectivity index (χ0) is 19.5. The van der Waals surface area contributed by atoms with Crippen LogP contribution < -0.4 is 0 Å². The lowest BCUT2D eigenvalue weighted by atomic mass is 9.88. The zero-order valence-corrected chi connectivity index (χ0v) is 17.1. The van der Waals surface area contributed by atoms with Gasteiger partial charge in [-0.3, -0.25) is 0 Å². The van der Waals surface area contributed by atoms with Gasteiger partial charge in [0.2, 0.25) is 0 Å². The average molecular weight is 389 g/mol. The lowest BCUT2D eigenvalue weighted by Crippen LogP contribution is -2.47. The summed E-state index contributed by atoms with van der Waals surface area (Å²) in [7, 11) is 0. The highest BCUT2D eigenvalue weighted by molar-refractivity contribution is 7.09. The van der Waals surface area contributed by atoms with E-state index in [0.29, 0.717) is 32.4 Å². The summed E-state index contributed by atoms with van der Waals surface area (Å²) < 4.78 is 5.39. The van der Waals surface area contributed by atoms with Crippen LogP contribution in [0.5, 0.6) is 0 Å². The minimum atomic E-state index is -0.802. The van der Waals surface area contributed by atoms with E-state index in [0.717, 1.165) is 16.3 Å². The summed E-state index contributed by atoms with van der Waals surface area (Å²) in [4.78, 5) is 18.6. The van der Waals surface area contributed by atoms with Gasteiger partial charge in [-0.2, -0.15) is 0 Å². The third-order valence-electron chi connectivity index (χ3n) is 4.96. The van der Waals surface area contributed by atoms with Crippen molar-refractivity contribution in [1.82, 2.24) is 9.88 Å². The van der Waals surface area contributed by atoms with Crippen molar-refractivity contribution in [3.63, 3.8) is 0 Å². The highest BCUT2D eigenvalue weighted by Gasteiger charge is 2.35. The van der Waals surface area contributed by atoms with Crippen LogP contribution in [0.15, 0.2) is 35.7 Å². The Hall–Kier alpha value is -1.92. The van der Waals surface area contributed by atoms with Crippen molar-refractivity contribution >= 4 is 17.4 Å². The summed E-state index contributed by atoms with van der Waals surface area (Å²) in [5, 5.41) is 14.0. The number of nitrogens with zero attached hydrogens (tertiary/aromatic N) is 2. The summed E-state index contributed by atoms with van der Waals surface area (Å²) in [6.45, 7) is 7.69. The standard InChI is InChI=1S/C21H28N2O3S/c1-20(2,3)17-15-27-18(22-17)13-21(25)9-11-23(12-10-21)19(24)26-14-16-7-5-4-6-8-16/h4-8,15,25H,9-14H2,1-3H3. The third-order valence-corrected chi connectivity index (χ3v) is 5.81. The number of aromatic nitrogens is 1. The van der Waals surface area contributed by atoms with Gasteiger partial charge >= 0.3 is 6.09 Å². The molecule has 3 rings (SSSR count). The molecular formula is C21H28N2O3S. The minimum absolute atomic E-state index is 0.0171. The van der Waals surface area contributed by atoms with Crippen LogP contribution in [-0.2, 0) is 23.2 Å². The van der Waals surface area contributed by atoms with Gasteiger partial charge < -0.3 is 14.7 Å². The number of carbonyl (C=O) groups excluding carboxylic acids is 1. The lowest BCUT2D eigenvalue weighted by Gasteiger charge is -2.37. The molecule has 27 heavy (non-hydrogen) atoms. The molecule has 1 aromatic heterocycles. The molecule has 1 aliphatic heterocycles. The van der Waals surface area contributed by atoms with E-state index < -0.39 is 5.60 Å². The molecule has 0 bridgehead atoms. The van der Waals surface area contributed by atoms with Crippen molar-refractivity contribution < 1.29 is 14.6 Å². The Morgan fingerprint density at radius 1 is 1.26 bits per heavy atom. The van der Waals surface area contributed by atoms with E-state index in [1.165, 1.54) is 0 Å². The Bertz CT molecular complexity index is 759. The average Bonchev–Trinajstić information content (AvgIpc) is 3.09. The summed E-state index contributed by atoms with van der Waals surface area (Å²) in [5.74, 6) is 0. The van der Waals surface area contributed by atoms with Crippen LogP contribution in [0.1, 0.15) is 49.9 Å². The Kier molecular flexibility index (Phi) is 5.86. The number of amides is 1. The van der Waals surface area contributed by atoms with Crippen LogP contribution in [0.3, 0.4) is 0 Å². The minimum Gasteiger partial charge on any atom is -0.445 e. The van der Waals surface area contributed by atoms with Gasteiger partial charge in [0.1, 0.15) is 6.61 Å². The molecule has 1 fully saturated rings. The molecule has 1 aliphatic rings. The predicted octanol–water partition coefficient (Wildman–Crippen LogP) is 4.15. The first-order valence-electron chi connectivity index (χ1n) is 9.38. The molecule has 1 aromatic carbocycles. The van der Waals surface area contributed by atoms with Crippen LogP contribution in [0.4, 0.5) is 4.79 Å². The van der Waals surface area contributed by atoms with E-state index in [2.05, 4.69) is 26.2 Å². The Balaban J connectivity index is 1.50. The van der Waals surface area contributed by atoms with Crippen LogP contribution in [-0.4, -0.2) is 39.8 Å². The summed E-state index contributed by atoms with van der Waals surface area (Å²) in [5.41, 5.74) is 1.25. The maximum absolute atomic E-state index is 12.3. The maximum atomic E-state index is 12.3. The molecule has 2 aromatic rings. The van der Waals surface area contributed by atoms with Gasteiger partial charge in [-0.15, -0.1) is 11.3 Å². The first-order chi connectivity index (χ1) is 12.8. The van der Waals surface area contributed by atoms with Gasteiger partial charge in [0.05, 0.1) is 16.3 Å². The monoisotopic (exact) mass is 388 g/mol. The molecule has 146 valence electrons. The SMILES string of the molecule is CC(C)(C)c1csc(CC2(O)CCN(C(=O)OCc3ccccc3)CC2)n1. The number of thiazole rings is 1. The zero-order valence-electron chi connectivity index (χ0n) is 16.3. The molecule has 1 saturated heterocycles. The van der Waals surface area contributed by atoms with Crippen molar-refractivity contribution in [2.45, 2.75) is 57.7 Å². The number of likely N-dealkylation sites (tertiary alicyclic amines) is 1.